The van der Waals surface area contributed by atoms with Crippen LogP contribution in [0.4, 0.5) is 0 Å². The second-order valence-electron chi connectivity index (χ2n) is 1.30. The maximum atomic E-state index is 9.97. The van der Waals surface area contributed by atoms with E-state index >= 15 is 0 Å². The number of carboxylic acids is 1. The molecule has 0 bridgehead atoms. The molecule has 0 spiro atoms. The van der Waals surface area contributed by atoms with Crippen molar-refractivity contribution in [1.29, 1.82) is 0 Å². The summed E-state index contributed by atoms with van der Waals surface area (Å²) in [7, 11) is 0. The first kappa shape index (κ1) is 17.1. The number of hydrogen-bond donors (Lipinski definition) is 2. The molecule has 0 aliphatic heterocycles. The first-order valence-electron chi connectivity index (χ1n) is 4.09. The van der Waals surface area contributed by atoms with Gasteiger partial charge in [-0.15, -0.1) is 0 Å². The number of nitrogens with one attached hydrogen (secondary N) is 1. The van der Waals surface area contributed by atoms with Gasteiger partial charge in [-0.1, -0.05) is 27.7 Å². The smallest absolute Gasteiger partial charge is 0.322 e. The summed E-state index contributed by atoms with van der Waals surface area (Å²) in [5.74, 6) is -1.35. The summed E-state index contributed by atoms with van der Waals surface area (Å²) in [5.41, 5.74) is 0. The molecule has 1 amide bonds. The molecule has 0 aliphatic rings. The summed E-state index contributed by atoms with van der Waals surface area (Å²) >= 11 is 0. The van der Waals surface area contributed by atoms with Crippen LogP contribution < -0.4 is 5.32 Å². The number of hydrogen-bond acceptors (Lipinski definition) is 2. The predicted octanol–water partition coefficient (Wildman–Crippen LogP) is 1.26. The number of carbonyl (C=O) groups excluding carboxylic acids is 1. The van der Waals surface area contributed by atoms with Crippen LogP contribution >= 0.6 is 0 Å². The fourth-order valence-corrected chi connectivity index (χ4v) is 0.200. The molecular weight excluding hydrogens is 158 g/mol. The topological polar surface area (TPSA) is 66.4 Å². The highest BCUT2D eigenvalue weighted by atomic mass is 16.4. The van der Waals surface area contributed by atoms with Gasteiger partial charge in [0.15, 0.2) is 0 Å². The minimum absolute atomic E-state index is 0.296. The van der Waals surface area contributed by atoms with Crippen LogP contribution in [0.2, 0.25) is 0 Å². The number of rotatable bonds is 2. The molecule has 0 aliphatic carbocycles. The molecule has 74 valence electrons. The van der Waals surface area contributed by atoms with E-state index in [-0.39, 0.29) is 12.5 Å². The van der Waals surface area contributed by atoms with E-state index in [2.05, 4.69) is 5.32 Å². The van der Waals surface area contributed by atoms with Gasteiger partial charge in [-0.25, -0.2) is 0 Å². The molecule has 0 unspecified atom stereocenters. The van der Waals surface area contributed by atoms with Gasteiger partial charge >= 0.3 is 5.97 Å². The Bertz CT molecular complexity index is 98.9. The lowest BCUT2D eigenvalue weighted by Crippen LogP contribution is -2.26. The van der Waals surface area contributed by atoms with Crippen LogP contribution in [0.5, 0.6) is 0 Å². The Kier molecular flexibility index (Phi) is 23.6. The lowest BCUT2D eigenvalue weighted by Gasteiger charge is -1.92. The Morgan fingerprint density at radius 3 is 1.58 bits per heavy atom. The fraction of sp³-hybridized carbons (Fsp3) is 0.750. The molecule has 12 heavy (non-hydrogen) atoms. The van der Waals surface area contributed by atoms with Crippen LogP contribution in [0.25, 0.3) is 0 Å². The van der Waals surface area contributed by atoms with Crippen LogP contribution in [0.1, 0.15) is 34.6 Å². The minimum Gasteiger partial charge on any atom is -0.480 e. The molecule has 0 aromatic heterocycles. The Morgan fingerprint density at radius 2 is 1.50 bits per heavy atom. The zero-order valence-electron chi connectivity index (χ0n) is 8.47. The highest BCUT2D eigenvalue weighted by Crippen LogP contribution is 1.60. The molecule has 0 atom stereocenters. The van der Waals surface area contributed by atoms with Gasteiger partial charge in [0.05, 0.1) is 0 Å². The van der Waals surface area contributed by atoms with E-state index in [1.165, 1.54) is 6.92 Å². The largest absolute Gasteiger partial charge is 0.480 e. The Morgan fingerprint density at radius 1 is 1.17 bits per heavy atom. The van der Waals surface area contributed by atoms with E-state index < -0.39 is 5.97 Å². The zero-order valence-corrected chi connectivity index (χ0v) is 8.47. The molecule has 2 N–H and O–H groups in total. The molecule has 0 saturated carbocycles. The van der Waals surface area contributed by atoms with Crippen molar-refractivity contribution in [2.24, 2.45) is 0 Å². The number of amides is 1. The zero-order chi connectivity index (χ0) is 10.6. The molecule has 0 heterocycles. The molecule has 0 rings (SSSR count). The van der Waals surface area contributed by atoms with Gasteiger partial charge in [0, 0.05) is 6.92 Å². The van der Waals surface area contributed by atoms with Gasteiger partial charge < -0.3 is 10.4 Å². The van der Waals surface area contributed by atoms with Crippen LogP contribution in [0.3, 0.4) is 0 Å². The highest BCUT2D eigenvalue weighted by Gasteiger charge is 1.94. The van der Waals surface area contributed by atoms with Gasteiger partial charge in [0.25, 0.3) is 0 Å². The Labute approximate surface area is 74.0 Å². The second-order valence-corrected chi connectivity index (χ2v) is 1.30. The van der Waals surface area contributed by atoms with E-state index in [0.717, 1.165) is 0 Å². The summed E-state index contributed by atoms with van der Waals surface area (Å²) in [6, 6.07) is 0. The standard InChI is InChI=1S/C4H7NO3.2C2H6/c1-3(6)5-2-4(7)8;2*1-2/h2H2,1H3,(H,5,6)(H,7,8);2*1-2H3. The summed E-state index contributed by atoms with van der Waals surface area (Å²) in [5, 5.41) is 10.1. The van der Waals surface area contributed by atoms with E-state index in [4.69, 9.17) is 5.11 Å². The predicted molar refractivity (Wildman–Crippen MR) is 49.0 cm³/mol. The van der Waals surface area contributed by atoms with Crippen molar-refractivity contribution >= 4 is 11.9 Å². The van der Waals surface area contributed by atoms with E-state index in [0.29, 0.717) is 0 Å². The molecule has 4 nitrogen and oxygen atoms in total. The van der Waals surface area contributed by atoms with Crippen molar-refractivity contribution in [3.8, 4) is 0 Å². The maximum absolute atomic E-state index is 9.97. The number of carboxylic acid groups (broad SMARTS) is 1. The van der Waals surface area contributed by atoms with Gasteiger partial charge in [-0.2, -0.15) is 0 Å². The van der Waals surface area contributed by atoms with Crippen molar-refractivity contribution in [2.75, 3.05) is 6.54 Å². The summed E-state index contributed by atoms with van der Waals surface area (Å²) < 4.78 is 0. The first-order valence-corrected chi connectivity index (χ1v) is 4.09. The second kappa shape index (κ2) is 16.5. The van der Waals surface area contributed by atoms with Gasteiger partial charge in [-0.05, 0) is 0 Å². The van der Waals surface area contributed by atoms with Crippen LogP contribution in [0.15, 0.2) is 0 Å². The van der Waals surface area contributed by atoms with Gasteiger partial charge in [0.1, 0.15) is 6.54 Å². The molecule has 0 aromatic carbocycles. The van der Waals surface area contributed by atoms with Crippen LogP contribution in [0, 0.1) is 0 Å². The van der Waals surface area contributed by atoms with Crippen LogP contribution in [-0.4, -0.2) is 23.5 Å². The maximum Gasteiger partial charge on any atom is 0.322 e. The summed E-state index contributed by atoms with van der Waals surface area (Å²) in [6.07, 6.45) is 0. The summed E-state index contributed by atoms with van der Waals surface area (Å²) in [6.45, 7) is 8.97. The average Bonchev–Trinajstić information content (AvgIpc) is 2.08. The molecular formula is C8H19NO3. The third-order valence-corrected chi connectivity index (χ3v) is 0.489. The SMILES string of the molecule is CC.CC.CC(=O)NCC(=O)O. The normalized spacial score (nSPS) is 6.42. The van der Waals surface area contributed by atoms with Crippen molar-refractivity contribution < 1.29 is 14.7 Å². The fourth-order valence-electron chi connectivity index (χ4n) is 0.200. The third-order valence-electron chi connectivity index (χ3n) is 0.489. The molecule has 0 saturated heterocycles. The third kappa shape index (κ3) is 36.3. The van der Waals surface area contributed by atoms with E-state index in [9.17, 15) is 9.59 Å². The minimum atomic E-state index is -1.03. The van der Waals surface area contributed by atoms with Crippen LogP contribution in [-0.2, 0) is 9.59 Å². The first-order chi connectivity index (χ1) is 5.63. The monoisotopic (exact) mass is 177 g/mol. The van der Waals surface area contributed by atoms with Crippen molar-refractivity contribution in [3.05, 3.63) is 0 Å². The molecule has 0 aromatic rings. The van der Waals surface area contributed by atoms with Gasteiger partial charge in [0.2, 0.25) is 5.91 Å². The lowest BCUT2D eigenvalue weighted by atomic mass is 10.6. The molecule has 0 radical (unpaired) electrons. The number of carbonyl (C=O) groups is 2. The Hall–Kier alpha value is -1.06. The Balaban J connectivity index is -0.000000175. The molecule has 0 fully saturated rings. The lowest BCUT2D eigenvalue weighted by molar-refractivity contribution is -0.137. The van der Waals surface area contributed by atoms with E-state index in [1.54, 1.807) is 0 Å². The summed E-state index contributed by atoms with van der Waals surface area (Å²) in [4.78, 5) is 19.7. The average molecular weight is 177 g/mol. The van der Waals surface area contributed by atoms with Gasteiger partial charge in [-0.3, -0.25) is 9.59 Å². The van der Waals surface area contributed by atoms with E-state index in [1.807, 2.05) is 27.7 Å². The van der Waals surface area contributed by atoms with Crippen molar-refractivity contribution in [2.45, 2.75) is 34.6 Å². The van der Waals surface area contributed by atoms with Crippen molar-refractivity contribution in [1.82, 2.24) is 5.32 Å². The molecule has 4 heteroatoms. The number of aliphatic carboxylic acids is 1. The quantitative estimate of drug-likeness (QED) is 0.667. The highest BCUT2D eigenvalue weighted by molar-refractivity contribution is 5.79. The van der Waals surface area contributed by atoms with Crippen molar-refractivity contribution in [3.63, 3.8) is 0 Å².